The molecule has 2 aromatic rings. The predicted octanol–water partition coefficient (Wildman–Crippen LogP) is 3.43. The van der Waals surface area contributed by atoms with Crippen LogP contribution in [-0.4, -0.2) is 12.6 Å². The molecule has 0 aromatic heterocycles. The first-order chi connectivity index (χ1) is 10.2. The van der Waals surface area contributed by atoms with Crippen LogP contribution in [0.2, 0.25) is 0 Å². The van der Waals surface area contributed by atoms with Gasteiger partial charge in [-0.25, -0.2) is 9.10 Å². The molecule has 0 aliphatic rings. The monoisotopic (exact) mass is 302 g/mol. The topological polar surface area (TPSA) is 55.6 Å². The predicted molar refractivity (Wildman–Crippen MR) is 87.7 cm³/mol. The number of hydrogen-bond acceptors (Lipinski definition) is 3. The number of rotatable bonds is 6. The average Bonchev–Trinajstić information content (AvgIpc) is 2.52. The summed E-state index contributed by atoms with van der Waals surface area (Å²) in [5.41, 5.74) is 7.06. The van der Waals surface area contributed by atoms with Gasteiger partial charge in [0.05, 0.1) is 12.3 Å². The second kappa shape index (κ2) is 7.59. The molecule has 0 unspecified atom stereocenters. The van der Waals surface area contributed by atoms with Crippen LogP contribution in [0.15, 0.2) is 54.6 Å². The van der Waals surface area contributed by atoms with Crippen LogP contribution in [0.25, 0.3) is 0 Å². The standard InChI is InChI=1S/C16H18N2O2S/c17-16(19)18(21)14-9-4-10-15(12-14)20-11-5-8-13-6-2-1-3-7-13/h1-4,6-7,9-10,12,21H,5,8,11H2,(H2,17,19). The van der Waals surface area contributed by atoms with Gasteiger partial charge in [-0.2, -0.15) is 0 Å². The van der Waals surface area contributed by atoms with Crippen molar-refractivity contribution in [2.45, 2.75) is 12.8 Å². The number of benzene rings is 2. The van der Waals surface area contributed by atoms with Crippen molar-refractivity contribution in [1.82, 2.24) is 0 Å². The van der Waals surface area contributed by atoms with E-state index in [-0.39, 0.29) is 0 Å². The molecular formula is C16H18N2O2S. The number of urea groups is 1. The Kier molecular flexibility index (Phi) is 5.51. The van der Waals surface area contributed by atoms with E-state index in [1.807, 2.05) is 24.3 Å². The highest BCUT2D eigenvalue weighted by Gasteiger charge is 2.08. The molecule has 0 saturated heterocycles. The Morgan fingerprint density at radius 2 is 1.90 bits per heavy atom. The van der Waals surface area contributed by atoms with E-state index in [1.54, 1.807) is 18.2 Å². The van der Waals surface area contributed by atoms with Crippen LogP contribution in [0.1, 0.15) is 12.0 Å². The molecule has 2 N–H and O–H groups in total. The Labute approximate surface area is 130 Å². The van der Waals surface area contributed by atoms with Crippen molar-refractivity contribution >= 4 is 24.5 Å². The molecule has 2 aromatic carbocycles. The highest BCUT2D eigenvalue weighted by Crippen LogP contribution is 2.22. The number of carbonyl (C=O) groups excluding carboxylic acids is 1. The summed E-state index contributed by atoms with van der Waals surface area (Å²) in [7, 11) is 0. The third kappa shape index (κ3) is 4.72. The normalized spacial score (nSPS) is 10.1. The molecule has 0 bridgehead atoms. The van der Waals surface area contributed by atoms with Gasteiger partial charge in [-0.05, 0) is 30.5 Å². The lowest BCUT2D eigenvalue weighted by Crippen LogP contribution is -2.27. The summed E-state index contributed by atoms with van der Waals surface area (Å²) >= 11 is 4.02. The van der Waals surface area contributed by atoms with Gasteiger partial charge in [0, 0.05) is 6.07 Å². The number of nitrogens with zero attached hydrogens (tertiary/aromatic N) is 1. The molecule has 0 aliphatic heterocycles. The molecule has 21 heavy (non-hydrogen) atoms. The van der Waals surface area contributed by atoms with Crippen LogP contribution in [-0.2, 0) is 6.42 Å². The van der Waals surface area contributed by atoms with Crippen LogP contribution in [0.5, 0.6) is 5.75 Å². The van der Waals surface area contributed by atoms with E-state index in [9.17, 15) is 4.79 Å². The van der Waals surface area contributed by atoms with Crippen LogP contribution in [0.3, 0.4) is 0 Å². The highest BCUT2D eigenvalue weighted by molar-refractivity contribution is 7.82. The average molecular weight is 302 g/mol. The summed E-state index contributed by atoms with van der Waals surface area (Å²) in [4.78, 5) is 11.1. The lowest BCUT2D eigenvalue weighted by atomic mass is 10.1. The van der Waals surface area contributed by atoms with E-state index in [1.165, 1.54) is 5.56 Å². The van der Waals surface area contributed by atoms with Gasteiger partial charge in [0.25, 0.3) is 0 Å². The van der Waals surface area contributed by atoms with Crippen molar-refractivity contribution < 1.29 is 9.53 Å². The fourth-order valence-corrected chi connectivity index (χ4v) is 2.07. The molecule has 5 heteroatoms. The summed E-state index contributed by atoms with van der Waals surface area (Å²) in [6, 6.07) is 16.8. The number of nitrogens with two attached hydrogens (primary N) is 1. The van der Waals surface area contributed by atoms with Crippen LogP contribution >= 0.6 is 12.8 Å². The maximum absolute atomic E-state index is 11.1. The molecular weight excluding hydrogens is 284 g/mol. The lowest BCUT2D eigenvalue weighted by Gasteiger charge is -2.14. The van der Waals surface area contributed by atoms with E-state index >= 15 is 0 Å². The molecule has 4 nitrogen and oxygen atoms in total. The van der Waals surface area contributed by atoms with Gasteiger partial charge in [0.1, 0.15) is 5.75 Å². The van der Waals surface area contributed by atoms with Gasteiger partial charge in [-0.1, -0.05) is 49.2 Å². The maximum atomic E-state index is 11.1. The van der Waals surface area contributed by atoms with Crippen molar-refractivity contribution in [3.63, 3.8) is 0 Å². The van der Waals surface area contributed by atoms with Crippen LogP contribution in [0, 0.1) is 0 Å². The smallest absolute Gasteiger partial charge is 0.329 e. The first-order valence-corrected chi connectivity index (χ1v) is 7.12. The molecule has 2 rings (SSSR count). The number of hydrogen-bond donors (Lipinski definition) is 2. The third-order valence-electron chi connectivity index (χ3n) is 2.99. The molecule has 0 heterocycles. The van der Waals surface area contributed by atoms with Gasteiger partial charge < -0.3 is 10.5 Å². The van der Waals surface area contributed by atoms with E-state index in [0.717, 1.165) is 17.1 Å². The summed E-state index contributed by atoms with van der Waals surface area (Å²) < 4.78 is 6.77. The van der Waals surface area contributed by atoms with E-state index in [2.05, 4.69) is 24.9 Å². The second-order valence-electron chi connectivity index (χ2n) is 4.59. The Morgan fingerprint density at radius 3 is 2.62 bits per heavy atom. The zero-order valence-corrected chi connectivity index (χ0v) is 12.5. The molecule has 110 valence electrons. The van der Waals surface area contributed by atoms with E-state index in [0.29, 0.717) is 18.0 Å². The van der Waals surface area contributed by atoms with Gasteiger partial charge in [-0.3, -0.25) is 0 Å². The second-order valence-corrected chi connectivity index (χ2v) is 4.99. The Bertz CT molecular complexity index is 590. The molecule has 0 atom stereocenters. The first kappa shape index (κ1) is 15.3. The van der Waals surface area contributed by atoms with Crippen molar-refractivity contribution in [2.24, 2.45) is 5.73 Å². The molecule has 0 spiro atoms. The van der Waals surface area contributed by atoms with Crippen molar-refractivity contribution in [1.29, 1.82) is 0 Å². The maximum Gasteiger partial charge on any atom is 0.329 e. The minimum absolute atomic E-state index is 0.589. The minimum atomic E-state index is -0.625. The number of anilines is 1. The molecule has 0 aliphatic carbocycles. The summed E-state index contributed by atoms with van der Waals surface area (Å²) in [6.07, 6.45) is 1.90. The number of aryl methyl sites for hydroxylation is 1. The summed E-state index contributed by atoms with van der Waals surface area (Å²) in [6.45, 7) is 0.613. The van der Waals surface area contributed by atoms with Crippen molar-refractivity contribution in [3.05, 3.63) is 60.2 Å². The number of ether oxygens (including phenoxy) is 1. The van der Waals surface area contributed by atoms with Crippen molar-refractivity contribution in [3.8, 4) is 5.75 Å². The first-order valence-electron chi connectivity index (χ1n) is 6.72. The van der Waals surface area contributed by atoms with E-state index in [4.69, 9.17) is 10.5 Å². The number of carbonyl (C=O) groups is 1. The Morgan fingerprint density at radius 1 is 1.14 bits per heavy atom. The largest absolute Gasteiger partial charge is 0.494 e. The highest BCUT2D eigenvalue weighted by atomic mass is 32.1. The lowest BCUT2D eigenvalue weighted by molar-refractivity contribution is 0.257. The zero-order valence-electron chi connectivity index (χ0n) is 11.6. The van der Waals surface area contributed by atoms with Gasteiger partial charge >= 0.3 is 6.03 Å². The van der Waals surface area contributed by atoms with Gasteiger partial charge in [0.2, 0.25) is 0 Å². The van der Waals surface area contributed by atoms with Crippen molar-refractivity contribution in [2.75, 3.05) is 10.9 Å². The summed E-state index contributed by atoms with van der Waals surface area (Å²) in [5, 5.41) is 0. The zero-order chi connectivity index (χ0) is 15.1. The SMILES string of the molecule is NC(=O)N(S)c1cccc(OCCCc2ccccc2)c1. The number of amides is 2. The fraction of sp³-hybridized carbons (Fsp3) is 0.188. The molecule has 0 radical (unpaired) electrons. The third-order valence-corrected chi connectivity index (χ3v) is 3.42. The van der Waals surface area contributed by atoms with E-state index < -0.39 is 6.03 Å². The molecule has 0 fully saturated rings. The minimum Gasteiger partial charge on any atom is -0.494 e. The Hall–Kier alpha value is -2.14. The van der Waals surface area contributed by atoms with Crippen LogP contribution < -0.4 is 14.8 Å². The Balaban J connectivity index is 1.83. The quantitative estimate of drug-likeness (QED) is 0.634. The summed E-state index contributed by atoms with van der Waals surface area (Å²) in [5.74, 6) is 0.695. The molecule has 2 amide bonds. The fourth-order valence-electron chi connectivity index (χ4n) is 1.94. The van der Waals surface area contributed by atoms with Crippen LogP contribution in [0.4, 0.5) is 10.5 Å². The number of thiol groups is 1. The van der Waals surface area contributed by atoms with Gasteiger partial charge in [-0.15, -0.1) is 0 Å². The molecule has 0 saturated carbocycles. The number of primary amides is 1. The van der Waals surface area contributed by atoms with Gasteiger partial charge in [0.15, 0.2) is 0 Å².